The van der Waals surface area contributed by atoms with Gasteiger partial charge in [0.15, 0.2) is 0 Å². The van der Waals surface area contributed by atoms with E-state index in [1.807, 2.05) is 34.9 Å². The highest BCUT2D eigenvalue weighted by molar-refractivity contribution is 5.75. The zero-order chi connectivity index (χ0) is 29.5. The van der Waals surface area contributed by atoms with Crippen LogP contribution < -0.4 is 10.6 Å². The molecule has 2 amide bonds. The van der Waals surface area contributed by atoms with Gasteiger partial charge in [0.25, 0.3) is 0 Å². The fraction of sp³-hybridized carbons (Fsp3) is 0.452. The lowest BCUT2D eigenvalue weighted by molar-refractivity contribution is 0.0259. The number of aliphatic hydroxyl groups excluding tert-OH is 1. The predicted octanol–water partition coefficient (Wildman–Crippen LogP) is 4.11. The summed E-state index contributed by atoms with van der Waals surface area (Å²) in [5.74, 6) is -1.21. The maximum Gasteiger partial charge on any atom is 0.318 e. The van der Waals surface area contributed by atoms with Gasteiger partial charge < -0.3 is 29.9 Å². The Morgan fingerprint density at radius 1 is 1.19 bits per heavy atom. The molecular formula is C31H37F3N5O3. The number of nitrogens with zero attached hydrogens (tertiary/aromatic N) is 3. The third kappa shape index (κ3) is 7.14. The van der Waals surface area contributed by atoms with E-state index in [0.29, 0.717) is 45.0 Å². The average molecular weight is 585 g/mol. The molecule has 0 bridgehead atoms. The van der Waals surface area contributed by atoms with Crippen molar-refractivity contribution in [3.05, 3.63) is 84.2 Å². The maximum absolute atomic E-state index is 15.0. The fourth-order valence-electron chi connectivity index (χ4n) is 5.81. The minimum atomic E-state index is -1.12. The molecule has 2 aliphatic heterocycles. The number of halogens is 3. The van der Waals surface area contributed by atoms with Crippen molar-refractivity contribution in [1.82, 2.24) is 25.1 Å². The van der Waals surface area contributed by atoms with Gasteiger partial charge >= 0.3 is 6.03 Å². The van der Waals surface area contributed by atoms with E-state index in [9.17, 15) is 23.1 Å². The number of carbonyl (C=O) groups is 1. The van der Waals surface area contributed by atoms with Crippen molar-refractivity contribution in [3.8, 4) is 11.3 Å². The molecule has 2 aliphatic rings. The maximum atomic E-state index is 15.0. The second-order valence-electron chi connectivity index (χ2n) is 10.9. The molecule has 3 aromatic rings. The lowest BCUT2D eigenvalue weighted by atomic mass is 9.89. The molecule has 2 saturated heterocycles. The molecule has 2 fully saturated rings. The number of imidazole rings is 1. The number of hydrogen-bond acceptors (Lipinski definition) is 5. The van der Waals surface area contributed by atoms with Gasteiger partial charge in [0, 0.05) is 76.6 Å². The Morgan fingerprint density at radius 3 is 2.69 bits per heavy atom. The van der Waals surface area contributed by atoms with Crippen molar-refractivity contribution in [2.24, 2.45) is 11.8 Å². The van der Waals surface area contributed by atoms with Gasteiger partial charge in [0.2, 0.25) is 0 Å². The molecule has 3 N–H and O–H groups in total. The van der Waals surface area contributed by atoms with E-state index in [1.165, 1.54) is 6.42 Å². The molecule has 225 valence electrons. The van der Waals surface area contributed by atoms with Crippen LogP contribution in [0.1, 0.15) is 30.3 Å². The molecule has 0 unspecified atom stereocenters. The Hall–Kier alpha value is -3.41. The van der Waals surface area contributed by atoms with E-state index in [2.05, 4.69) is 10.6 Å². The van der Waals surface area contributed by atoms with Crippen LogP contribution in [0.2, 0.25) is 0 Å². The summed E-state index contributed by atoms with van der Waals surface area (Å²) in [6, 6.07) is 11.9. The Morgan fingerprint density at radius 2 is 1.98 bits per heavy atom. The zero-order valence-electron chi connectivity index (χ0n) is 23.4. The molecule has 3 heterocycles. The standard InChI is InChI=1S/C31H37F3N5O3/c32-24-7-8-26(33)25(15-24)28-20-38(18-21-5-2-1-3-6-21)30(37-28)29(22-9-13-42-14-10-22)39(31(41)36-11-4-12-40)19-23-16-35-17-27(23)34/h1-8,15,20,22-23,27,29,35,40H,9-14,16-19H2,(H,36,41)/t23-,27-,29+/m0/s1. The molecule has 8 nitrogen and oxygen atoms in total. The van der Waals surface area contributed by atoms with Crippen molar-refractivity contribution < 1.29 is 27.8 Å². The van der Waals surface area contributed by atoms with Crippen LogP contribution in [0, 0.1) is 29.9 Å². The van der Waals surface area contributed by atoms with Crippen LogP contribution in [-0.4, -0.2) is 77.8 Å². The number of amides is 2. The average Bonchev–Trinajstić information content (AvgIpc) is 3.60. The van der Waals surface area contributed by atoms with Gasteiger partial charge in [-0.2, -0.15) is 0 Å². The van der Waals surface area contributed by atoms with Crippen LogP contribution >= 0.6 is 0 Å². The molecule has 42 heavy (non-hydrogen) atoms. The summed E-state index contributed by atoms with van der Waals surface area (Å²) in [5.41, 5.74) is 1.23. The van der Waals surface area contributed by atoms with Gasteiger partial charge in [-0.25, -0.2) is 22.9 Å². The van der Waals surface area contributed by atoms with E-state index in [-0.39, 0.29) is 43.4 Å². The summed E-state index contributed by atoms with van der Waals surface area (Å²) in [5, 5.41) is 15.1. The number of aliphatic hydroxyl groups is 1. The molecule has 5 rings (SSSR count). The monoisotopic (exact) mass is 584 g/mol. The fourth-order valence-corrected chi connectivity index (χ4v) is 5.81. The quantitative estimate of drug-likeness (QED) is 0.295. The molecule has 2 aromatic carbocycles. The molecule has 3 atom stereocenters. The number of alkyl halides is 1. The van der Waals surface area contributed by atoms with Gasteiger partial charge in [-0.3, -0.25) is 0 Å². The summed E-state index contributed by atoms with van der Waals surface area (Å²) >= 11 is 0. The van der Waals surface area contributed by atoms with Crippen LogP contribution in [0.3, 0.4) is 0 Å². The topological polar surface area (TPSA) is 91.6 Å². The Balaban J connectivity index is 1.62. The lowest BCUT2D eigenvalue weighted by Gasteiger charge is -2.39. The van der Waals surface area contributed by atoms with E-state index >= 15 is 0 Å². The largest absolute Gasteiger partial charge is 0.396 e. The summed E-state index contributed by atoms with van der Waals surface area (Å²) in [6.07, 6.45) is 3.37. The first-order valence-electron chi connectivity index (χ1n) is 14.4. The Kier molecular flexibility index (Phi) is 10.1. The highest BCUT2D eigenvalue weighted by Gasteiger charge is 2.40. The van der Waals surface area contributed by atoms with Gasteiger partial charge in [-0.05, 0) is 42.5 Å². The summed E-state index contributed by atoms with van der Waals surface area (Å²) in [4.78, 5) is 20.3. The summed E-state index contributed by atoms with van der Waals surface area (Å²) < 4.78 is 51.7. The van der Waals surface area contributed by atoms with Gasteiger partial charge in [-0.1, -0.05) is 30.3 Å². The Bertz CT molecular complexity index is 1320. The molecule has 1 aromatic heterocycles. The van der Waals surface area contributed by atoms with Gasteiger partial charge in [0.1, 0.15) is 23.6 Å². The number of urea groups is 1. The van der Waals surface area contributed by atoms with Crippen LogP contribution in [0.5, 0.6) is 0 Å². The van der Waals surface area contributed by atoms with Gasteiger partial charge in [0.05, 0.1) is 11.7 Å². The van der Waals surface area contributed by atoms with Crippen LogP contribution in [0.25, 0.3) is 11.3 Å². The molecule has 11 heteroatoms. The predicted molar refractivity (Wildman–Crippen MR) is 152 cm³/mol. The van der Waals surface area contributed by atoms with Crippen molar-refractivity contribution in [3.63, 3.8) is 0 Å². The highest BCUT2D eigenvalue weighted by Crippen LogP contribution is 2.38. The van der Waals surface area contributed by atoms with Crippen molar-refractivity contribution in [1.29, 1.82) is 0 Å². The Labute approximate surface area is 243 Å². The smallest absolute Gasteiger partial charge is 0.318 e. The molecule has 0 aliphatic carbocycles. The highest BCUT2D eigenvalue weighted by atomic mass is 19.1. The molecule has 0 spiro atoms. The number of benzene rings is 2. The summed E-state index contributed by atoms with van der Waals surface area (Å²) in [7, 11) is 0. The first-order chi connectivity index (χ1) is 20.4. The van der Waals surface area contributed by atoms with E-state index in [1.54, 1.807) is 11.1 Å². The van der Waals surface area contributed by atoms with Crippen molar-refractivity contribution >= 4 is 6.03 Å². The van der Waals surface area contributed by atoms with Crippen LogP contribution in [0.15, 0.2) is 54.7 Å². The van der Waals surface area contributed by atoms with E-state index in [4.69, 9.17) is 9.72 Å². The third-order valence-corrected chi connectivity index (χ3v) is 8.00. The SMILES string of the molecule is O=C(NC[CH]CO)N(C[C@@H]1CNC[C@@H]1F)[C@@H](c1nc(-c2cc(F)ccc2F)cn1Cc1ccccc1)C1CCOCC1. The van der Waals surface area contributed by atoms with Crippen molar-refractivity contribution in [2.75, 3.05) is 46.0 Å². The summed E-state index contributed by atoms with van der Waals surface area (Å²) in [6.45, 7) is 2.07. The first-order valence-corrected chi connectivity index (χ1v) is 14.4. The normalized spacial score (nSPS) is 20.0. The molecular weight excluding hydrogens is 547 g/mol. The second kappa shape index (κ2) is 14.2. The zero-order valence-corrected chi connectivity index (χ0v) is 23.4. The van der Waals surface area contributed by atoms with Crippen molar-refractivity contribution in [2.45, 2.75) is 31.6 Å². The minimum absolute atomic E-state index is 0.0196. The number of carbonyl (C=O) groups excluding carboxylic acids is 1. The first kappa shape index (κ1) is 30.1. The minimum Gasteiger partial charge on any atom is -0.396 e. The van der Waals surface area contributed by atoms with Crippen LogP contribution in [-0.2, 0) is 11.3 Å². The number of aromatic nitrogens is 2. The number of hydrogen-bond donors (Lipinski definition) is 3. The van der Waals surface area contributed by atoms with Gasteiger partial charge in [-0.15, -0.1) is 0 Å². The number of nitrogens with one attached hydrogen (secondary N) is 2. The van der Waals surface area contributed by atoms with E-state index < -0.39 is 35.8 Å². The number of ether oxygens (including phenoxy) is 1. The van der Waals surface area contributed by atoms with Crippen LogP contribution in [0.4, 0.5) is 18.0 Å². The second-order valence-corrected chi connectivity index (χ2v) is 10.9. The molecule has 0 saturated carbocycles. The molecule has 1 radical (unpaired) electrons. The lowest BCUT2D eigenvalue weighted by Crippen LogP contribution is -2.49. The van der Waals surface area contributed by atoms with E-state index in [0.717, 1.165) is 23.8 Å². The third-order valence-electron chi connectivity index (χ3n) is 8.00. The number of rotatable bonds is 11.